The molecule has 0 atom stereocenters. The van der Waals surface area contributed by atoms with Crippen LogP contribution in [0, 0.1) is 6.92 Å². The smallest absolute Gasteiger partial charge is 0.262 e. The molecule has 8 heteroatoms. The Hall–Kier alpha value is -2.45. The van der Waals surface area contributed by atoms with Crippen LogP contribution in [0.1, 0.15) is 17.7 Å². The molecule has 7 nitrogen and oxygen atoms in total. The molecule has 1 aliphatic rings. The highest BCUT2D eigenvalue weighted by Crippen LogP contribution is 2.36. The highest BCUT2D eigenvalue weighted by molar-refractivity contribution is 7.16. The molecule has 24 heavy (non-hydrogen) atoms. The lowest BCUT2D eigenvalue weighted by molar-refractivity contribution is -0.118. The lowest BCUT2D eigenvalue weighted by Crippen LogP contribution is -2.25. The maximum absolute atomic E-state index is 11.8. The van der Waals surface area contributed by atoms with Crippen LogP contribution in [-0.2, 0) is 9.59 Å². The summed E-state index contributed by atoms with van der Waals surface area (Å²) in [5.74, 6) is 0.371. The highest BCUT2D eigenvalue weighted by atomic mass is 32.1. The van der Waals surface area contributed by atoms with E-state index in [0.717, 1.165) is 16.1 Å². The van der Waals surface area contributed by atoms with E-state index in [1.165, 1.54) is 11.3 Å². The van der Waals surface area contributed by atoms with Gasteiger partial charge in [0.25, 0.3) is 5.91 Å². The number of amides is 2. The van der Waals surface area contributed by atoms with Gasteiger partial charge >= 0.3 is 0 Å². The van der Waals surface area contributed by atoms with Crippen LogP contribution in [0.4, 0.5) is 10.8 Å². The number of carbonyl (C=O) groups is 2. The zero-order chi connectivity index (χ0) is 17.1. The molecule has 0 fully saturated rings. The van der Waals surface area contributed by atoms with Crippen molar-refractivity contribution in [1.29, 1.82) is 0 Å². The zero-order valence-electron chi connectivity index (χ0n) is 13.2. The summed E-state index contributed by atoms with van der Waals surface area (Å²) in [7, 11) is 0. The van der Waals surface area contributed by atoms with E-state index in [1.807, 2.05) is 25.1 Å². The van der Waals surface area contributed by atoms with Crippen LogP contribution in [0.3, 0.4) is 0 Å². The molecular formula is C16H18N4O3S. The maximum Gasteiger partial charge on any atom is 0.262 e. The summed E-state index contributed by atoms with van der Waals surface area (Å²) in [5, 5.41) is 6.14. The van der Waals surface area contributed by atoms with Crippen LogP contribution in [0.5, 0.6) is 5.75 Å². The first kappa shape index (κ1) is 16.4. The average molecular weight is 346 g/mol. The van der Waals surface area contributed by atoms with Crippen molar-refractivity contribution in [3.05, 3.63) is 23.1 Å². The molecule has 1 aromatic heterocycles. The fourth-order valence-electron chi connectivity index (χ4n) is 2.39. The molecule has 0 bridgehead atoms. The van der Waals surface area contributed by atoms with Gasteiger partial charge in [-0.15, -0.1) is 11.3 Å². The fraction of sp³-hybridized carbons (Fsp3) is 0.312. The van der Waals surface area contributed by atoms with Crippen LogP contribution in [0.25, 0.3) is 11.3 Å². The van der Waals surface area contributed by atoms with Crippen molar-refractivity contribution < 1.29 is 14.3 Å². The van der Waals surface area contributed by atoms with Crippen molar-refractivity contribution in [2.75, 3.05) is 23.8 Å². The molecule has 2 heterocycles. The number of hydrogen-bond donors (Lipinski definition) is 3. The topological polar surface area (TPSA) is 106 Å². The second kappa shape index (κ2) is 6.98. The quantitative estimate of drug-likeness (QED) is 0.769. The minimum Gasteiger partial charge on any atom is -0.482 e. The van der Waals surface area contributed by atoms with E-state index in [9.17, 15) is 9.59 Å². The van der Waals surface area contributed by atoms with Gasteiger partial charge in [-0.05, 0) is 38.1 Å². The molecule has 0 aliphatic carbocycles. The van der Waals surface area contributed by atoms with E-state index in [1.54, 1.807) is 0 Å². The van der Waals surface area contributed by atoms with Crippen molar-refractivity contribution in [2.24, 2.45) is 5.73 Å². The molecule has 0 saturated carbocycles. The van der Waals surface area contributed by atoms with Crippen molar-refractivity contribution in [1.82, 2.24) is 4.98 Å². The molecule has 126 valence electrons. The fourth-order valence-corrected chi connectivity index (χ4v) is 3.24. The molecule has 1 aromatic carbocycles. The first-order chi connectivity index (χ1) is 11.6. The lowest BCUT2D eigenvalue weighted by atomic mass is 10.1. The van der Waals surface area contributed by atoms with E-state index in [4.69, 9.17) is 10.5 Å². The summed E-state index contributed by atoms with van der Waals surface area (Å²) in [6.07, 6.45) is 1.03. The Labute approximate surface area is 143 Å². The van der Waals surface area contributed by atoms with E-state index in [-0.39, 0.29) is 18.4 Å². The van der Waals surface area contributed by atoms with Gasteiger partial charge in [0.2, 0.25) is 5.91 Å². The van der Waals surface area contributed by atoms with E-state index in [0.29, 0.717) is 36.0 Å². The molecule has 2 aromatic rings. The standard InChI is InChI=1S/C16H18N4O3S/c1-9-15(20-16(24-9)19-13(21)3-2-6-17)10-4-5-12-11(7-10)18-14(22)8-23-12/h4-5,7H,2-3,6,8,17H2,1H3,(H,18,22)(H,19,20,21). The van der Waals surface area contributed by atoms with Crippen molar-refractivity contribution in [3.63, 3.8) is 0 Å². The number of nitrogens with two attached hydrogens (primary N) is 1. The minimum atomic E-state index is -0.178. The van der Waals surface area contributed by atoms with Crippen LogP contribution < -0.4 is 21.1 Å². The largest absolute Gasteiger partial charge is 0.482 e. The number of nitrogens with zero attached hydrogens (tertiary/aromatic N) is 1. The molecular weight excluding hydrogens is 328 g/mol. The number of aromatic nitrogens is 1. The minimum absolute atomic E-state index is 0.0288. The predicted octanol–water partition coefficient (Wildman–Crippen LogP) is 2.13. The number of fused-ring (bicyclic) bond motifs is 1. The first-order valence-corrected chi connectivity index (χ1v) is 8.43. The Kier molecular flexibility index (Phi) is 4.77. The number of ether oxygens (including phenoxy) is 1. The molecule has 2 amide bonds. The monoisotopic (exact) mass is 346 g/mol. The third-order valence-electron chi connectivity index (χ3n) is 3.54. The zero-order valence-corrected chi connectivity index (χ0v) is 14.0. The van der Waals surface area contributed by atoms with Crippen LogP contribution in [-0.4, -0.2) is 29.9 Å². The normalized spacial score (nSPS) is 13.0. The van der Waals surface area contributed by atoms with Gasteiger partial charge in [-0.25, -0.2) is 4.98 Å². The Morgan fingerprint density at radius 2 is 2.33 bits per heavy atom. The Balaban J connectivity index is 1.81. The van der Waals surface area contributed by atoms with Gasteiger partial charge in [0.15, 0.2) is 11.7 Å². The Morgan fingerprint density at radius 3 is 3.12 bits per heavy atom. The van der Waals surface area contributed by atoms with Gasteiger partial charge in [0, 0.05) is 16.9 Å². The predicted molar refractivity (Wildman–Crippen MR) is 93.3 cm³/mol. The highest BCUT2D eigenvalue weighted by Gasteiger charge is 2.18. The van der Waals surface area contributed by atoms with Gasteiger partial charge < -0.3 is 21.1 Å². The number of hydrogen-bond acceptors (Lipinski definition) is 6. The number of carbonyl (C=O) groups excluding carboxylic acids is 2. The summed E-state index contributed by atoms with van der Waals surface area (Å²) in [5.41, 5.74) is 7.67. The van der Waals surface area contributed by atoms with Gasteiger partial charge in [-0.2, -0.15) is 0 Å². The third-order valence-corrected chi connectivity index (χ3v) is 4.42. The number of aryl methyl sites for hydroxylation is 1. The van der Waals surface area contributed by atoms with Crippen molar-refractivity contribution >= 4 is 34.0 Å². The van der Waals surface area contributed by atoms with Crippen LogP contribution in [0.2, 0.25) is 0 Å². The summed E-state index contributed by atoms with van der Waals surface area (Å²) in [6.45, 7) is 2.45. The molecule has 0 spiro atoms. The molecule has 0 saturated heterocycles. The lowest BCUT2D eigenvalue weighted by Gasteiger charge is -2.18. The van der Waals surface area contributed by atoms with Gasteiger partial charge in [0.05, 0.1) is 11.4 Å². The van der Waals surface area contributed by atoms with Crippen LogP contribution in [0.15, 0.2) is 18.2 Å². The second-order valence-electron chi connectivity index (χ2n) is 5.41. The number of rotatable bonds is 5. The average Bonchev–Trinajstić information content (AvgIpc) is 2.92. The third kappa shape index (κ3) is 3.55. The van der Waals surface area contributed by atoms with Gasteiger partial charge in [-0.1, -0.05) is 0 Å². The summed E-state index contributed by atoms with van der Waals surface area (Å²) in [6, 6.07) is 5.52. The SMILES string of the molecule is Cc1sc(NC(=O)CCCN)nc1-c1ccc2c(c1)NC(=O)CO2. The summed E-state index contributed by atoms with van der Waals surface area (Å²) >= 11 is 1.42. The number of thiazole rings is 1. The Morgan fingerprint density at radius 1 is 1.50 bits per heavy atom. The Bertz CT molecular complexity index is 788. The molecule has 1 aliphatic heterocycles. The molecule has 0 radical (unpaired) electrons. The van der Waals surface area contributed by atoms with Gasteiger partial charge in [-0.3, -0.25) is 9.59 Å². The molecule has 3 rings (SSSR count). The van der Waals surface area contributed by atoms with Crippen LogP contribution >= 0.6 is 11.3 Å². The molecule has 4 N–H and O–H groups in total. The number of nitrogens with one attached hydrogen (secondary N) is 2. The number of anilines is 2. The van der Waals surface area contributed by atoms with E-state index < -0.39 is 0 Å². The van der Waals surface area contributed by atoms with Crippen molar-refractivity contribution in [2.45, 2.75) is 19.8 Å². The maximum atomic E-state index is 11.8. The second-order valence-corrected chi connectivity index (χ2v) is 6.62. The van der Waals surface area contributed by atoms with E-state index >= 15 is 0 Å². The molecule has 0 unspecified atom stereocenters. The van der Waals surface area contributed by atoms with Crippen molar-refractivity contribution in [3.8, 4) is 17.0 Å². The first-order valence-electron chi connectivity index (χ1n) is 7.61. The summed E-state index contributed by atoms with van der Waals surface area (Å²) in [4.78, 5) is 28.7. The van der Waals surface area contributed by atoms with E-state index in [2.05, 4.69) is 15.6 Å². The number of benzene rings is 1. The van der Waals surface area contributed by atoms with Gasteiger partial charge in [0.1, 0.15) is 5.75 Å². The summed E-state index contributed by atoms with van der Waals surface area (Å²) < 4.78 is 5.36.